The van der Waals surface area contributed by atoms with Crippen LogP contribution in [0.25, 0.3) is 0 Å². The third-order valence-corrected chi connectivity index (χ3v) is 3.41. The third-order valence-electron chi connectivity index (χ3n) is 3.41. The zero-order valence-corrected chi connectivity index (χ0v) is 13.1. The van der Waals surface area contributed by atoms with Gasteiger partial charge in [-0.3, -0.25) is 4.79 Å². The fourth-order valence-electron chi connectivity index (χ4n) is 1.99. The van der Waals surface area contributed by atoms with Crippen molar-refractivity contribution in [2.24, 2.45) is 0 Å². The molecule has 1 atom stereocenters. The van der Waals surface area contributed by atoms with Crippen molar-refractivity contribution in [2.75, 3.05) is 5.32 Å². The van der Waals surface area contributed by atoms with Gasteiger partial charge in [0.1, 0.15) is 11.3 Å². The Morgan fingerprint density at radius 1 is 1.13 bits per heavy atom. The molecule has 23 heavy (non-hydrogen) atoms. The van der Waals surface area contributed by atoms with Gasteiger partial charge in [0.05, 0.1) is 0 Å². The molecule has 0 radical (unpaired) electrons. The van der Waals surface area contributed by atoms with Crippen molar-refractivity contribution >= 4 is 17.6 Å². The Morgan fingerprint density at radius 2 is 1.78 bits per heavy atom. The molecule has 2 rings (SSSR count). The van der Waals surface area contributed by atoms with Gasteiger partial charge in [0.15, 0.2) is 6.10 Å². The van der Waals surface area contributed by atoms with E-state index in [1.54, 1.807) is 24.3 Å². The number of aryl methyl sites for hydroxylation is 1. The number of anilines is 1. The fourth-order valence-corrected chi connectivity index (χ4v) is 1.99. The second kappa shape index (κ2) is 7.45. The molecule has 0 spiro atoms. The molecule has 0 fully saturated rings. The minimum atomic E-state index is -0.979. The van der Waals surface area contributed by atoms with Crippen LogP contribution in [0.15, 0.2) is 48.5 Å². The topological polar surface area (TPSA) is 75.6 Å². The molecule has 0 bridgehead atoms. The highest BCUT2D eigenvalue weighted by molar-refractivity contribution is 5.98. The smallest absolute Gasteiger partial charge is 0.342 e. The second-order valence-corrected chi connectivity index (χ2v) is 5.10. The number of phenols is 1. The standard InChI is InChI=1S/C18H19NO4/c1-3-13-8-10-14(11-9-13)19-17(21)12(2)23-18(22)15-6-4-5-7-16(15)20/h4-12,20H,3H2,1-2H3,(H,19,21). The molecule has 0 saturated heterocycles. The van der Waals surface area contributed by atoms with Crippen LogP contribution in [-0.2, 0) is 16.0 Å². The predicted octanol–water partition coefficient (Wildman–Crippen LogP) is 3.14. The van der Waals surface area contributed by atoms with Gasteiger partial charge in [0.2, 0.25) is 0 Å². The summed E-state index contributed by atoms with van der Waals surface area (Å²) >= 11 is 0. The van der Waals surface area contributed by atoms with Gasteiger partial charge < -0.3 is 15.2 Å². The molecule has 5 nitrogen and oxygen atoms in total. The van der Waals surface area contributed by atoms with Gasteiger partial charge in [-0.1, -0.05) is 31.2 Å². The summed E-state index contributed by atoms with van der Waals surface area (Å²) in [5.74, 6) is -1.36. The van der Waals surface area contributed by atoms with Crippen LogP contribution < -0.4 is 5.32 Å². The summed E-state index contributed by atoms with van der Waals surface area (Å²) in [6.45, 7) is 3.53. The van der Waals surface area contributed by atoms with Gasteiger partial charge >= 0.3 is 5.97 Å². The Balaban J connectivity index is 1.96. The lowest BCUT2D eigenvalue weighted by Crippen LogP contribution is -2.30. The molecule has 120 valence electrons. The van der Waals surface area contributed by atoms with E-state index < -0.39 is 18.0 Å². The summed E-state index contributed by atoms with van der Waals surface area (Å²) in [6, 6.07) is 13.5. The van der Waals surface area contributed by atoms with Crippen molar-refractivity contribution in [3.05, 3.63) is 59.7 Å². The highest BCUT2D eigenvalue weighted by Crippen LogP contribution is 2.17. The minimum absolute atomic E-state index is 0.0273. The van der Waals surface area contributed by atoms with Gasteiger partial charge in [0, 0.05) is 5.69 Å². The molecule has 1 amide bonds. The number of nitrogens with one attached hydrogen (secondary N) is 1. The van der Waals surface area contributed by atoms with E-state index in [1.807, 2.05) is 19.1 Å². The fraction of sp³-hybridized carbons (Fsp3) is 0.222. The Bertz CT molecular complexity index is 694. The summed E-state index contributed by atoms with van der Waals surface area (Å²) in [6.07, 6.45) is -0.0593. The molecule has 0 heterocycles. The number of ether oxygens (including phenoxy) is 1. The van der Waals surface area contributed by atoms with Crippen LogP contribution >= 0.6 is 0 Å². The lowest BCUT2D eigenvalue weighted by atomic mass is 10.1. The molecular formula is C18H19NO4. The van der Waals surface area contributed by atoms with Crippen LogP contribution in [0.5, 0.6) is 5.75 Å². The van der Waals surface area contributed by atoms with E-state index in [9.17, 15) is 14.7 Å². The van der Waals surface area contributed by atoms with Crippen LogP contribution in [0.3, 0.4) is 0 Å². The number of rotatable bonds is 5. The third kappa shape index (κ3) is 4.32. The summed E-state index contributed by atoms with van der Waals surface area (Å²) in [4.78, 5) is 24.0. The Hall–Kier alpha value is -2.82. The lowest BCUT2D eigenvalue weighted by molar-refractivity contribution is -0.123. The van der Waals surface area contributed by atoms with E-state index in [2.05, 4.69) is 5.32 Å². The highest BCUT2D eigenvalue weighted by atomic mass is 16.5. The number of carbonyl (C=O) groups excluding carboxylic acids is 2. The number of amides is 1. The Morgan fingerprint density at radius 3 is 2.39 bits per heavy atom. The first kappa shape index (κ1) is 16.5. The van der Waals surface area contributed by atoms with E-state index in [0.717, 1.165) is 6.42 Å². The normalized spacial score (nSPS) is 11.6. The first-order valence-corrected chi connectivity index (χ1v) is 7.40. The summed E-state index contributed by atoms with van der Waals surface area (Å²) in [5.41, 5.74) is 1.83. The molecule has 5 heteroatoms. The van der Waals surface area contributed by atoms with E-state index in [-0.39, 0.29) is 11.3 Å². The van der Waals surface area contributed by atoms with Crippen molar-refractivity contribution in [1.82, 2.24) is 0 Å². The van der Waals surface area contributed by atoms with Crippen LogP contribution in [0.1, 0.15) is 29.8 Å². The van der Waals surface area contributed by atoms with E-state index in [1.165, 1.54) is 24.6 Å². The monoisotopic (exact) mass is 313 g/mol. The molecule has 1 unspecified atom stereocenters. The highest BCUT2D eigenvalue weighted by Gasteiger charge is 2.20. The summed E-state index contributed by atoms with van der Waals surface area (Å²) in [5, 5.41) is 12.3. The van der Waals surface area contributed by atoms with Crippen molar-refractivity contribution in [1.29, 1.82) is 0 Å². The number of aromatic hydroxyl groups is 1. The average Bonchev–Trinajstić information content (AvgIpc) is 2.55. The van der Waals surface area contributed by atoms with Crippen molar-refractivity contribution in [2.45, 2.75) is 26.4 Å². The van der Waals surface area contributed by atoms with Crippen LogP contribution in [-0.4, -0.2) is 23.1 Å². The van der Waals surface area contributed by atoms with Crippen molar-refractivity contribution in [3.63, 3.8) is 0 Å². The number of hydrogen-bond donors (Lipinski definition) is 2. The van der Waals surface area contributed by atoms with E-state index >= 15 is 0 Å². The maximum atomic E-state index is 12.1. The van der Waals surface area contributed by atoms with Crippen molar-refractivity contribution < 1.29 is 19.4 Å². The number of hydrogen-bond acceptors (Lipinski definition) is 4. The van der Waals surface area contributed by atoms with E-state index in [0.29, 0.717) is 5.69 Å². The Kier molecular flexibility index (Phi) is 5.36. The molecule has 0 saturated carbocycles. The lowest BCUT2D eigenvalue weighted by Gasteiger charge is -2.14. The zero-order chi connectivity index (χ0) is 16.8. The molecule has 0 aliphatic carbocycles. The molecule has 0 aliphatic heterocycles. The molecule has 2 aromatic rings. The molecule has 0 aliphatic rings. The Labute approximate surface area is 134 Å². The zero-order valence-electron chi connectivity index (χ0n) is 13.1. The number of para-hydroxylation sites is 1. The molecular weight excluding hydrogens is 294 g/mol. The van der Waals surface area contributed by atoms with Gasteiger partial charge in [0.25, 0.3) is 5.91 Å². The quantitative estimate of drug-likeness (QED) is 0.832. The minimum Gasteiger partial charge on any atom is -0.507 e. The summed E-state index contributed by atoms with van der Waals surface area (Å²) in [7, 11) is 0. The van der Waals surface area contributed by atoms with Gasteiger partial charge in [-0.15, -0.1) is 0 Å². The first-order valence-electron chi connectivity index (χ1n) is 7.40. The van der Waals surface area contributed by atoms with Gasteiger partial charge in [-0.05, 0) is 43.2 Å². The number of carbonyl (C=O) groups is 2. The first-order chi connectivity index (χ1) is 11.0. The number of esters is 1. The molecule has 0 aromatic heterocycles. The molecule has 2 aromatic carbocycles. The maximum absolute atomic E-state index is 12.1. The largest absolute Gasteiger partial charge is 0.507 e. The van der Waals surface area contributed by atoms with Crippen LogP contribution in [0, 0.1) is 0 Å². The van der Waals surface area contributed by atoms with Gasteiger partial charge in [-0.25, -0.2) is 4.79 Å². The van der Waals surface area contributed by atoms with Gasteiger partial charge in [-0.2, -0.15) is 0 Å². The predicted molar refractivity (Wildman–Crippen MR) is 87.4 cm³/mol. The van der Waals surface area contributed by atoms with Crippen molar-refractivity contribution in [3.8, 4) is 5.75 Å². The second-order valence-electron chi connectivity index (χ2n) is 5.10. The van der Waals surface area contributed by atoms with Crippen LogP contribution in [0.4, 0.5) is 5.69 Å². The average molecular weight is 313 g/mol. The summed E-state index contributed by atoms with van der Waals surface area (Å²) < 4.78 is 5.09. The maximum Gasteiger partial charge on any atom is 0.342 e. The number of phenolic OH excluding ortho intramolecular Hbond substituents is 1. The van der Waals surface area contributed by atoms with E-state index in [4.69, 9.17) is 4.74 Å². The molecule has 2 N–H and O–H groups in total. The SMILES string of the molecule is CCc1ccc(NC(=O)C(C)OC(=O)c2ccccc2O)cc1. The van der Waals surface area contributed by atoms with Crippen LogP contribution in [0.2, 0.25) is 0 Å². The number of benzene rings is 2.